The summed E-state index contributed by atoms with van der Waals surface area (Å²) in [4.78, 5) is 30.3. The molecule has 1 fully saturated rings. The molecule has 0 aliphatic heterocycles. The van der Waals surface area contributed by atoms with Gasteiger partial charge in [-0.3, -0.25) is 13.9 Å². The van der Waals surface area contributed by atoms with Gasteiger partial charge in [-0.1, -0.05) is 96.7 Å². The van der Waals surface area contributed by atoms with Gasteiger partial charge in [-0.15, -0.1) is 0 Å². The van der Waals surface area contributed by atoms with E-state index in [0.717, 1.165) is 52.2 Å². The van der Waals surface area contributed by atoms with Crippen LogP contribution in [-0.4, -0.2) is 43.8 Å². The Bertz CT molecular complexity index is 1740. The Labute approximate surface area is 277 Å². The van der Waals surface area contributed by atoms with Gasteiger partial charge in [-0.2, -0.15) is 0 Å². The van der Waals surface area contributed by atoms with E-state index in [1.165, 1.54) is 4.90 Å². The lowest BCUT2D eigenvalue weighted by Crippen LogP contribution is -2.54. The minimum atomic E-state index is -4.15. The van der Waals surface area contributed by atoms with Crippen molar-refractivity contribution in [3.63, 3.8) is 0 Å². The van der Waals surface area contributed by atoms with Crippen LogP contribution in [0.5, 0.6) is 0 Å². The van der Waals surface area contributed by atoms with E-state index >= 15 is 0 Å². The monoisotopic (exact) mass is 657 g/mol. The highest BCUT2D eigenvalue weighted by Gasteiger charge is 2.35. The van der Waals surface area contributed by atoms with Gasteiger partial charge in [0.25, 0.3) is 10.0 Å². The molecule has 9 heteroatoms. The molecule has 0 aromatic heterocycles. The average molecular weight is 658 g/mol. The maximum absolute atomic E-state index is 14.6. The summed E-state index contributed by atoms with van der Waals surface area (Å²) in [5, 5.41) is 3.75. The molecule has 7 nitrogen and oxygen atoms in total. The summed E-state index contributed by atoms with van der Waals surface area (Å²) in [6.45, 7) is 3.36. The van der Waals surface area contributed by atoms with Crippen LogP contribution in [0, 0.1) is 13.8 Å². The summed E-state index contributed by atoms with van der Waals surface area (Å²) < 4.78 is 29.5. The zero-order valence-electron chi connectivity index (χ0n) is 26.2. The van der Waals surface area contributed by atoms with Crippen molar-refractivity contribution >= 4 is 39.1 Å². The lowest BCUT2D eigenvalue weighted by atomic mass is 10.0. The van der Waals surface area contributed by atoms with Gasteiger partial charge in [0, 0.05) is 24.0 Å². The molecule has 1 saturated carbocycles. The van der Waals surface area contributed by atoms with Crippen molar-refractivity contribution < 1.29 is 18.0 Å². The predicted molar refractivity (Wildman–Crippen MR) is 183 cm³/mol. The van der Waals surface area contributed by atoms with E-state index in [9.17, 15) is 18.0 Å². The summed E-state index contributed by atoms with van der Waals surface area (Å²) in [5.74, 6) is -0.740. The summed E-state index contributed by atoms with van der Waals surface area (Å²) in [6, 6.07) is 29.5. The van der Waals surface area contributed by atoms with Crippen LogP contribution in [0.25, 0.3) is 0 Å². The van der Waals surface area contributed by atoms with Crippen LogP contribution < -0.4 is 9.62 Å². The Morgan fingerprint density at radius 2 is 1.50 bits per heavy atom. The van der Waals surface area contributed by atoms with Gasteiger partial charge in [0.1, 0.15) is 12.6 Å². The van der Waals surface area contributed by atoms with E-state index in [0.29, 0.717) is 10.7 Å². The zero-order valence-corrected chi connectivity index (χ0v) is 27.8. The highest BCUT2D eigenvalue weighted by molar-refractivity contribution is 7.92. The fraction of sp³-hybridized carbons (Fsp3) is 0.297. The lowest BCUT2D eigenvalue weighted by Gasteiger charge is -2.34. The van der Waals surface area contributed by atoms with E-state index < -0.39 is 28.5 Å². The number of nitrogens with one attached hydrogen (secondary N) is 1. The molecular formula is C37H40ClN3O4S. The Balaban J connectivity index is 1.56. The molecule has 4 aromatic carbocycles. The minimum Gasteiger partial charge on any atom is -0.352 e. The zero-order chi connectivity index (χ0) is 32.7. The Kier molecular flexibility index (Phi) is 10.8. The first kappa shape index (κ1) is 33.2. The maximum atomic E-state index is 14.6. The quantitative estimate of drug-likeness (QED) is 0.181. The average Bonchev–Trinajstić information content (AvgIpc) is 3.56. The van der Waals surface area contributed by atoms with Crippen LogP contribution in [0.1, 0.15) is 47.9 Å². The van der Waals surface area contributed by atoms with E-state index in [2.05, 4.69) is 5.32 Å². The van der Waals surface area contributed by atoms with Crippen molar-refractivity contribution in [3.8, 4) is 0 Å². The topological polar surface area (TPSA) is 86.8 Å². The molecule has 0 spiro atoms. The first-order valence-corrected chi connectivity index (χ1v) is 17.5. The molecule has 2 amide bonds. The van der Waals surface area contributed by atoms with Gasteiger partial charge in [0.05, 0.1) is 10.6 Å². The lowest BCUT2D eigenvalue weighted by molar-refractivity contribution is -0.140. The Morgan fingerprint density at radius 1 is 0.826 bits per heavy atom. The van der Waals surface area contributed by atoms with Crippen molar-refractivity contribution in [1.82, 2.24) is 10.2 Å². The fourth-order valence-corrected chi connectivity index (χ4v) is 7.39. The summed E-state index contributed by atoms with van der Waals surface area (Å²) in [5.41, 5.74) is 3.81. The molecule has 1 unspecified atom stereocenters. The number of benzene rings is 4. The van der Waals surface area contributed by atoms with Crippen molar-refractivity contribution in [3.05, 3.63) is 130 Å². The Hall–Kier alpha value is -4.14. The first-order chi connectivity index (χ1) is 22.1. The molecule has 5 rings (SSSR count). The van der Waals surface area contributed by atoms with Crippen LogP contribution in [0.15, 0.2) is 108 Å². The van der Waals surface area contributed by atoms with Crippen LogP contribution in [0.3, 0.4) is 0 Å². The number of sulfonamides is 1. The van der Waals surface area contributed by atoms with Crippen LogP contribution in [-0.2, 0) is 32.6 Å². The van der Waals surface area contributed by atoms with Crippen molar-refractivity contribution in [2.24, 2.45) is 0 Å². The number of carbonyl (C=O) groups is 2. The first-order valence-electron chi connectivity index (χ1n) is 15.6. The maximum Gasteiger partial charge on any atom is 0.264 e. The molecule has 0 radical (unpaired) electrons. The van der Waals surface area contributed by atoms with Gasteiger partial charge in [0.15, 0.2) is 0 Å². The second kappa shape index (κ2) is 15.0. The molecule has 240 valence electrons. The molecule has 1 aliphatic rings. The molecule has 46 heavy (non-hydrogen) atoms. The van der Waals surface area contributed by atoms with Crippen LogP contribution in [0.2, 0.25) is 5.02 Å². The normalized spacial score (nSPS) is 14.1. The number of nitrogens with zero attached hydrogens (tertiary/aromatic N) is 2. The highest BCUT2D eigenvalue weighted by atomic mass is 35.5. The molecule has 0 heterocycles. The number of rotatable bonds is 12. The van der Waals surface area contributed by atoms with Gasteiger partial charge < -0.3 is 10.2 Å². The second-order valence-corrected chi connectivity index (χ2v) is 14.3. The predicted octanol–water partition coefficient (Wildman–Crippen LogP) is 6.85. The number of halogens is 1. The number of hydrogen-bond acceptors (Lipinski definition) is 4. The largest absolute Gasteiger partial charge is 0.352 e. The van der Waals surface area contributed by atoms with Gasteiger partial charge in [-0.25, -0.2) is 8.42 Å². The SMILES string of the molecule is Cc1ccc(S(=O)(=O)N(CC(=O)N(Cc2ccc(Cl)cc2)C(Cc2ccccc2)C(=O)NC2CCCC2)c2cccc(C)c2)cc1. The molecule has 1 N–H and O–H groups in total. The van der Waals surface area contributed by atoms with Gasteiger partial charge in [-0.05, 0) is 79.8 Å². The fourth-order valence-electron chi connectivity index (χ4n) is 5.86. The van der Waals surface area contributed by atoms with E-state index in [-0.39, 0.29) is 29.8 Å². The molecule has 1 aliphatic carbocycles. The van der Waals surface area contributed by atoms with Crippen LogP contribution >= 0.6 is 11.6 Å². The smallest absolute Gasteiger partial charge is 0.264 e. The second-order valence-electron chi connectivity index (χ2n) is 12.0. The molecular weight excluding hydrogens is 618 g/mol. The summed E-state index contributed by atoms with van der Waals surface area (Å²) >= 11 is 6.18. The highest BCUT2D eigenvalue weighted by Crippen LogP contribution is 2.27. The Morgan fingerprint density at radius 3 is 2.15 bits per heavy atom. The van der Waals surface area contributed by atoms with Crippen LogP contribution in [0.4, 0.5) is 5.69 Å². The third kappa shape index (κ3) is 8.36. The van der Waals surface area contributed by atoms with Crippen molar-refractivity contribution in [2.45, 2.75) is 69.5 Å². The number of hydrogen-bond donors (Lipinski definition) is 1. The standard InChI is InChI=1S/C37H40ClN3O4S/c1-27-15-21-34(22-16-27)46(44,45)41(33-14-8-9-28(2)23-33)26-36(42)40(25-30-17-19-31(38)20-18-30)35(24-29-10-4-3-5-11-29)37(43)39-32-12-6-7-13-32/h3-5,8-11,14-23,32,35H,6-7,12-13,24-26H2,1-2H3,(H,39,43). The molecule has 1 atom stereocenters. The van der Waals surface area contributed by atoms with Gasteiger partial charge in [0.2, 0.25) is 11.8 Å². The molecule has 0 bridgehead atoms. The number of amides is 2. The molecule has 4 aromatic rings. The summed E-state index contributed by atoms with van der Waals surface area (Å²) in [7, 11) is -4.15. The van der Waals surface area contributed by atoms with E-state index in [1.54, 1.807) is 54.6 Å². The number of anilines is 1. The third-order valence-corrected chi connectivity index (χ3v) is 10.5. The van der Waals surface area contributed by atoms with E-state index in [4.69, 9.17) is 11.6 Å². The van der Waals surface area contributed by atoms with Gasteiger partial charge >= 0.3 is 0 Å². The minimum absolute atomic E-state index is 0.0453. The van der Waals surface area contributed by atoms with E-state index in [1.807, 2.05) is 62.4 Å². The van der Waals surface area contributed by atoms with Crippen molar-refractivity contribution in [2.75, 3.05) is 10.8 Å². The number of carbonyl (C=O) groups excluding carboxylic acids is 2. The third-order valence-electron chi connectivity index (χ3n) is 8.42. The van der Waals surface area contributed by atoms with Crippen molar-refractivity contribution in [1.29, 1.82) is 0 Å². The molecule has 0 saturated heterocycles. The summed E-state index contributed by atoms with van der Waals surface area (Å²) in [6.07, 6.45) is 4.15. The number of aryl methyl sites for hydroxylation is 2.